The van der Waals surface area contributed by atoms with E-state index in [-0.39, 0.29) is 18.3 Å². The molecule has 0 spiro atoms. The number of aromatic nitrogens is 2. The van der Waals surface area contributed by atoms with E-state index in [4.69, 9.17) is 0 Å². The smallest absolute Gasteiger partial charge is 0.173 e. The molecule has 1 unspecified atom stereocenters. The van der Waals surface area contributed by atoms with Crippen LogP contribution < -0.4 is 4.90 Å². The van der Waals surface area contributed by atoms with Gasteiger partial charge in [0.15, 0.2) is 5.78 Å². The number of carbonyl (C=O) groups excluding carboxylic acids is 1. The number of Topliss-reactive ketones (excluding diaryl/α,β-unsaturated/α-hetero) is 1. The van der Waals surface area contributed by atoms with Crippen molar-refractivity contribution in [2.24, 2.45) is 11.8 Å². The summed E-state index contributed by atoms with van der Waals surface area (Å²) < 4.78 is 2.08. The highest BCUT2D eigenvalue weighted by molar-refractivity contribution is 7.12. The van der Waals surface area contributed by atoms with Crippen molar-refractivity contribution in [2.45, 2.75) is 19.3 Å². The maximum Gasteiger partial charge on any atom is 0.173 e. The summed E-state index contributed by atoms with van der Waals surface area (Å²) in [6, 6.07) is 15.1. The summed E-state index contributed by atoms with van der Waals surface area (Å²) in [6.07, 6.45) is 6.66. The minimum Gasteiger partial charge on any atom is -0.396 e. The van der Waals surface area contributed by atoms with Gasteiger partial charge < -0.3 is 14.9 Å². The van der Waals surface area contributed by atoms with Gasteiger partial charge >= 0.3 is 0 Å². The maximum absolute atomic E-state index is 12.8. The Bertz CT molecular complexity index is 1360. The number of nitrogens with zero attached hydrogens (tertiary/aromatic N) is 4. The van der Waals surface area contributed by atoms with Gasteiger partial charge in [-0.05, 0) is 73.2 Å². The van der Waals surface area contributed by atoms with Gasteiger partial charge in [-0.2, -0.15) is 0 Å². The van der Waals surface area contributed by atoms with E-state index in [2.05, 4.69) is 68.8 Å². The van der Waals surface area contributed by atoms with Crippen molar-refractivity contribution in [3.63, 3.8) is 0 Å². The van der Waals surface area contributed by atoms with E-state index < -0.39 is 0 Å². The van der Waals surface area contributed by atoms with Crippen LogP contribution in [0, 0.1) is 11.8 Å². The van der Waals surface area contributed by atoms with Gasteiger partial charge in [-0.25, -0.2) is 4.98 Å². The largest absolute Gasteiger partial charge is 0.396 e. The molecule has 1 aromatic carbocycles. The number of aliphatic hydroxyl groups is 1. The van der Waals surface area contributed by atoms with Gasteiger partial charge in [0.25, 0.3) is 0 Å². The number of piperazine rings is 1. The molecule has 4 aromatic rings. The molecule has 1 N–H and O–H groups in total. The average molecular weight is 501 g/mol. The Kier molecular flexibility index (Phi) is 6.37. The first kappa shape index (κ1) is 23.4. The highest BCUT2D eigenvalue weighted by Gasteiger charge is 2.32. The highest BCUT2D eigenvalue weighted by Crippen LogP contribution is 2.39. The number of likely N-dealkylation sites (N-methyl/N-ethyl adjacent to an activating group) is 1. The Hall–Kier alpha value is -3.00. The molecule has 3 aromatic heterocycles. The van der Waals surface area contributed by atoms with E-state index in [1.54, 1.807) is 0 Å². The van der Waals surface area contributed by atoms with Gasteiger partial charge in [0.05, 0.1) is 16.8 Å². The first-order valence-corrected chi connectivity index (χ1v) is 13.7. The Balaban J connectivity index is 1.19. The molecule has 0 bridgehead atoms. The number of aliphatic hydroxyl groups excluding tert-OH is 1. The summed E-state index contributed by atoms with van der Waals surface area (Å²) in [5, 5.41) is 11.7. The van der Waals surface area contributed by atoms with Crippen LogP contribution in [0.3, 0.4) is 0 Å². The van der Waals surface area contributed by atoms with Crippen molar-refractivity contribution < 1.29 is 9.90 Å². The molecule has 1 saturated carbocycles. The lowest BCUT2D eigenvalue weighted by atomic mass is 9.97. The van der Waals surface area contributed by atoms with Crippen LogP contribution in [0.15, 0.2) is 60.2 Å². The average Bonchev–Trinajstić information content (AvgIpc) is 3.48. The van der Waals surface area contributed by atoms with Gasteiger partial charge in [0.2, 0.25) is 0 Å². The Morgan fingerprint density at radius 3 is 2.56 bits per heavy atom. The van der Waals surface area contributed by atoms with Crippen LogP contribution in [0.4, 0.5) is 5.69 Å². The fraction of sp³-hybridized carbons (Fsp3) is 0.379. The number of thiophene rings is 1. The first-order valence-electron chi connectivity index (χ1n) is 12.8. The predicted molar refractivity (Wildman–Crippen MR) is 146 cm³/mol. The molecule has 2 aliphatic rings. The molecule has 6 rings (SSSR count). The second-order valence-electron chi connectivity index (χ2n) is 10.2. The minimum atomic E-state index is 0.100. The third-order valence-electron chi connectivity index (χ3n) is 7.72. The molecule has 1 atom stereocenters. The van der Waals surface area contributed by atoms with Gasteiger partial charge in [-0.1, -0.05) is 12.1 Å². The monoisotopic (exact) mass is 500 g/mol. The van der Waals surface area contributed by atoms with Gasteiger partial charge in [-0.15, -0.1) is 11.3 Å². The Labute approximate surface area is 215 Å². The molecule has 186 valence electrons. The lowest BCUT2D eigenvalue weighted by molar-refractivity contribution is 0.0928. The number of pyridine rings is 1. The predicted octanol–water partition coefficient (Wildman–Crippen LogP) is 5.07. The normalized spacial score (nSPS) is 17.6. The molecular formula is C29H32N4O2S. The van der Waals surface area contributed by atoms with Crippen molar-refractivity contribution in [3.05, 3.63) is 65.1 Å². The third-order valence-corrected chi connectivity index (χ3v) is 8.69. The number of ketones is 1. The molecule has 6 nitrogen and oxygen atoms in total. The Morgan fingerprint density at radius 2 is 1.83 bits per heavy atom. The number of rotatable bonds is 8. The molecule has 1 aliphatic heterocycles. The second-order valence-corrected chi connectivity index (χ2v) is 11.1. The fourth-order valence-electron chi connectivity index (χ4n) is 5.21. The van der Waals surface area contributed by atoms with Crippen LogP contribution in [-0.2, 0) is 0 Å². The van der Waals surface area contributed by atoms with E-state index in [1.807, 2.05) is 17.6 Å². The number of anilines is 1. The zero-order valence-corrected chi connectivity index (χ0v) is 21.5. The Morgan fingerprint density at radius 1 is 1.06 bits per heavy atom. The fourth-order valence-corrected chi connectivity index (χ4v) is 6.06. The molecule has 1 aliphatic carbocycles. The lowest BCUT2D eigenvalue weighted by Crippen LogP contribution is -2.44. The number of benzene rings is 1. The second kappa shape index (κ2) is 9.81. The van der Waals surface area contributed by atoms with E-state index in [0.29, 0.717) is 12.3 Å². The summed E-state index contributed by atoms with van der Waals surface area (Å²) in [5.74, 6) is 0.760. The van der Waals surface area contributed by atoms with E-state index in [9.17, 15) is 9.90 Å². The molecular weight excluding hydrogens is 468 g/mol. The molecule has 0 amide bonds. The van der Waals surface area contributed by atoms with Crippen molar-refractivity contribution in [3.8, 4) is 22.4 Å². The number of imidazole rings is 1. The van der Waals surface area contributed by atoms with Crippen LogP contribution in [-0.4, -0.2) is 65.0 Å². The van der Waals surface area contributed by atoms with Gasteiger partial charge in [-0.3, -0.25) is 9.20 Å². The first-order chi connectivity index (χ1) is 17.6. The van der Waals surface area contributed by atoms with Crippen LogP contribution in [0.1, 0.15) is 28.9 Å². The van der Waals surface area contributed by atoms with Crippen LogP contribution in [0.2, 0.25) is 0 Å². The highest BCUT2D eigenvalue weighted by atomic mass is 32.1. The zero-order chi connectivity index (χ0) is 24.6. The van der Waals surface area contributed by atoms with Crippen molar-refractivity contribution in [1.29, 1.82) is 0 Å². The summed E-state index contributed by atoms with van der Waals surface area (Å²) >= 11 is 1.48. The summed E-state index contributed by atoms with van der Waals surface area (Å²) in [5.41, 5.74) is 6.48. The van der Waals surface area contributed by atoms with Crippen LogP contribution in [0.25, 0.3) is 28.0 Å². The number of carbonyl (C=O) groups is 1. The zero-order valence-electron chi connectivity index (χ0n) is 20.6. The van der Waals surface area contributed by atoms with Gasteiger partial charge in [0, 0.05) is 62.0 Å². The number of hydrogen-bond donors (Lipinski definition) is 1. The molecule has 36 heavy (non-hydrogen) atoms. The third kappa shape index (κ3) is 4.71. The molecule has 4 heterocycles. The standard InChI is InChI=1S/C29H32N4O2S/c1-31-10-12-32(13-11-31)25-6-4-20(5-7-25)22-8-9-33-26(17-30-29(33)16-22)24-15-28(36-19-24)27(35)14-23(18-34)21-2-3-21/h4-9,15-17,19,21,23,34H,2-3,10-14,18H2,1H3. The van der Waals surface area contributed by atoms with Crippen molar-refractivity contribution >= 4 is 28.5 Å². The lowest BCUT2D eigenvalue weighted by Gasteiger charge is -2.34. The molecule has 2 fully saturated rings. The number of hydrogen-bond acceptors (Lipinski definition) is 6. The quantitative estimate of drug-likeness (QED) is 0.342. The summed E-state index contributed by atoms with van der Waals surface area (Å²) in [6.45, 7) is 4.44. The van der Waals surface area contributed by atoms with E-state index >= 15 is 0 Å². The minimum absolute atomic E-state index is 0.100. The SMILES string of the molecule is CN1CCN(c2ccc(-c3ccn4c(-c5csc(C(=O)CC(CO)C6CC6)c5)cnc4c3)cc2)CC1. The van der Waals surface area contributed by atoms with E-state index in [1.165, 1.54) is 22.6 Å². The molecule has 7 heteroatoms. The topological polar surface area (TPSA) is 61.1 Å². The van der Waals surface area contributed by atoms with Crippen LogP contribution in [0.5, 0.6) is 0 Å². The summed E-state index contributed by atoms with van der Waals surface area (Å²) in [4.78, 5) is 23.0. The molecule has 1 saturated heterocycles. The van der Waals surface area contributed by atoms with Crippen molar-refractivity contribution in [2.75, 3.05) is 44.7 Å². The number of fused-ring (bicyclic) bond motifs is 1. The van der Waals surface area contributed by atoms with E-state index in [0.717, 1.165) is 66.4 Å². The molecule has 0 radical (unpaired) electrons. The maximum atomic E-state index is 12.8. The van der Waals surface area contributed by atoms with Crippen LogP contribution >= 0.6 is 11.3 Å². The summed E-state index contributed by atoms with van der Waals surface area (Å²) in [7, 11) is 2.18. The van der Waals surface area contributed by atoms with Gasteiger partial charge in [0.1, 0.15) is 5.65 Å². The van der Waals surface area contributed by atoms with Crippen molar-refractivity contribution in [1.82, 2.24) is 14.3 Å².